The van der Waals surface area contributed by atoms with Crippen LogP contribution in [0, 0.1) is 0 Å². The molecule has 0 aliphatic carbocycles. The van der Waals surface area contributed by atoms with Gasteiger partial charge in [-0.15, -0.1) is 0 Å². The normalized spacial score (nSPS) is 23.4. The Hall–Kier alpha value is -2.16. The Morgan fingerprint density at radius 1 is 0.848 bits per heavy atom. The molecular weight excluding hydrogens is 596 g/mol. The monoisotopic (exact) mass is 654 g/mol. The molecule has 0 spiro atoms. The van der Waals surface area contributed by atoms with E-state index in [1.165, 1.54) is 5.56 Å². The summed E-state index contributed by atoms with van der Waals surface area (Å²) in [7, 11) is 0. The summed E-state index contributed by atoms with van der Waals surface area (Å²) in [6.45, 7) is 1.65. The standard InChI is InChI=1S/C34H58N2O10/c1-2-3-4-5-12-19-29(40)36-25(23-45-34-33(44)32(43)31(42)27(22-37)46-34)30(41)26(38)18-14-20-28(39)35-21-13-7-6-9-15-24-16-10-8-11-17-24/h8,10-11,16-17,25-27,30-34,37-38,41-44H,2-7,9,12-15,18-23H2,1H3,(H,35,39)(H,36,40)/t25?,26-,27-,30+,31+,32+,33-,34+/m1/s1. The summed E-state index contributed by atoms with van der Waals surface area (Å²) in [6.07, 6.45) is 0.413. The number of amides is 2. The first-order valence-corrected chi connectivity index (χ1v) is 17.1. The lowest BCUT2D eigenvalue weighted by Crippen LogP contribution is -2.60. The smallest absolute Gasteiger partial charge is 0.220 e. The highest BCUT2D eigenvalue weighted by molar-refractivity contribution is 5.76. The van der Waals surface area contributed by atoms with Gasteiger partial charge in [0, 0.05) is 19.4 Å². The molecule has 1 heterocycles. The Balaban J connectivity index is 1.77. The summed E-state index contributed by atoms with van der Waals surface area (Å²) in [6, 6.07) is 9.25. The van der Waals surface area contributed by atoms with Crippen molar-refractivity contribution in [3.05, 3.63) is 35.9 Å². The van der Waals surface area contributed by atoms with E-state index < -0.39 is 62.2 Å². The average Bonchev–Trinajstić information content (AvgIpc) is 3.05. The number of hydrogen-bond acceptors (Lipinski definition) is 10. The van der Waals surface area contributed by atoms with Gasteiger partial charge in [0.2, 0.25) is 11.8 Å². The summed E-state index contributed by atoms with van der Waals surface area (Å²) in [5, 5.41) is 67.1. The van der Waals surface area contributed by atoms with E-state index in [0.29, 0.717) is 19.4 Å². The molecule has 2 rings (SSSR count). The van der Waals surface area contributed by atoms with Gasteiger partial charge in [-0.2, -0.15) is 0 Å². The van der Waals surface area contributed by atoms with Gasteiger partial charge in [0.15, 0.2) is 6.29 Å². The third-order valence-electron chi connectivity index (χ3n) is 8.41. The number of rotatable bonds is 24. The van der Waals surface area contributed by atoms with Crippen molar-refractivity contribution in [1.29, 1.82) is 0 Å². The average molecular weight is 655 g/mol. The molecule has 1 unspecified atom stereocenters. The van der Waals surface area contributed by atoms with E-state index >= 15 is 0 Å². The number of aliphatic hydroxyl groups excluding tert-OH is 6. The Kier molecular flexibility index (Phi) is 20.2. The van der Waals surface area contributed by atoms with Crippen LogP contribution in [0.1, 0.15) is 96.0 Å². The number of benzene rings is 1. The topological polar surface area (TPSA) is 198 Å². The molecule has 1 aliphatic rings. The van der Waals surface area contributed by atoms with Gasteiger partial charge in [0.1, 0.15) is 30.5 Å². The fourth-order valence-corrected chi connectivity index (χ4v) is 5.48. The Bertz CT molecular complexity index is 953. The van der Waals surface area contributed by atoms with Crippen LogP contribution in [0.2, 0.25) is 0 Å². The number of aliphatic hydroxyl groups is 6. The van der Waals surface area contributed by atoms with Crippen molar-refractivity contribution >= 4 is 11.8 Å². The fourth-order valence-electron chi connectivity index (χ4n) is 5.48. The molecule has 1 saturated heterocycles. The second kappa shape index (κ2) is 23.2. The first kappa shape index (κ1) is 40.0. The predicted molar refractivity (Wildman–Crippen MR) is 173 cm³/mol. The fraction of sp³-hybridized carbons (Fsp3) is 0.765. The quantitative estimate of drug-likeness (QED) is 0.0756. The van der Waals surface area contributed by atoms with Crippen LogP contribution >= 0.6 is 0 Å². The van der Waals surface area contributed by atoms with Crippen LogP contribution in [0.4, 0.5) is 0 Å². The van der Waals surface area contributed by atoms with Crippen LogP contribution < -0.4 is 10.6 Å². The van der Waals surface area contributed by atoms with Gasteiger partial charge in [0.25, 0.3) is 0 Å². The molecule has 12 heteroatoms. The third kappa shape index (κ3) is 15.2. The zero-order valence-electron chi connectivity index (χ0n) is 27.3. The summed E-state index contributed by atoms with van der Waals surface area (Å²) in [5.41, 5.74) is 1.33. The van der Waals surface area contributed by atoms with E-state index in [9.17, 15) is 40.2 Å². The zero-order valence-corrected chi connectivity index (χ0v) is 27.3. The summed E-state index contributed by atoms with van der Waals surface area (Å²) in [5.74, 6) is -0.477. The van der Waals surface area contributed by atoms with Crippen molar-refractivity contribution in [2.24, 2.45) is 0 Å². The van der Waals surface area contributed by atoms with E-state index in [1.54, 1.807) is 0 Å². The van der Waals surface area contributed by atoms with E-state index in [0.717, 1.165) is 57.8 Å². The van der Waals surface area contributed by atoms with Crippen molar-refractivity contribution in [1.82, 2.24) is 10.6 Å². The van der Waals surface area contributed by atoms with Crippen LogP contribution in [0.3, 0.4) is 0 Å². The third-order valence-corrected chi connectivity index (χ3v) is 8.41. The van der Waals surface area contributed by atoms with E-state index in [1.807, 2.05) is 18.2 Å². The Morgan fingerprint density at radius 2 is 1.52 bits per heavy atom. The first-order valence-electron chi connectivity index (χ1n) is 17.1. The van der Waals surface area contributed by atoms with Crippen molar-refractivity contribution in [2.45, 2.75) is 146 Å². The molecular formula is C34H58N2O10. The van der Waals surface area contributed by atoms with Crippen LogP contribution in [0.25, 0.3) is 0 Å². The summed E-state index contributed by atoms with van der Waals surface area (Å²) >= 11 is 0. The van der Waals surface area contributed by atoms with E-state index in [-0.39, 0.29) is 31.1 Å². The molecule has 1 aliphatic heterocycles. The van der Waals surface area contributed by atoms with Crippen molar-refractivity contribution < 1.29 is 49.7 Å². The first-order chi connectivity index (χ1) is 22.2. The number of ether oxygens (including phenoxy) is 2. The van der Waals surface area contributed by atoms with Crippen molar-refractivity contribution in [3.8, 4) is 0 Å². The van der Waals surface area contributed by atoms with Crippen LogP contribution in [-0.2, 0) is 25.5 Å². The molecule has 8 N–H and O–H groups in total. The number of hydrogen-bond donors (Lipinski definition) is 8. The van der Waals surface area contributed by atoms with E-state index in [4.69, 9.17) is 9.47 Å². The Labute approximate surface area is 273 Å². The number of carbonyl (C=O) groups is 2. The maximum Gasteiger partial charge on any atom is 0.220 e. The Morgan fingerprint density at radius 3 is 2.24 bits per heavy atom. The molecule has 1 aromatic rings. The molecule has 2 amide bonds. The number of aryl methyl sites for hydroxylation is 1. The van der Waals surface area contributed by atoms with Crippen LogP contribution in [0.15, 0.2) is 30.3 Å². The molecule has 12 nitrogen and oxygen atoms in total. The lowest BCUT2D eigenvalue weighted by Gasteiger charge is -2.40. The van der Waals surface area contributed by atoms with Gasteiger partial charge in [-0.25, -0.2) is 0 Å². The lowest BCUT2D eigenvalue weighted by atomic mass is 9.99. The highest BCUT2D eigenvalue weighted by Gasteiger charge is 2.44. The minimum atomic E-state index is -1.65. The lowest BCUT2D eigenvalue weighted by molar-refractivity contribution is -0.303. The highest BCUT2D eigenvalue weighted by atomic mass is 16.7. The predicted octanol–water partition coefficient (Wildman–Crippen LogP) is 1.46. The number of carbonyl (C=O) groups excluding carboxylic acids is 2. The SMILES string of the molecule is CCCCCCCC(=O)NC(CO[C@H]1O[C@H](CO)[C@H](O)[C@H](O)[C@H]1O)[C@H](O)[C@H](O)CCCC(=O)NCCCCCCc1ccccc1. The second-order valence-electron chi connectivity index (χ2n) is 12.3. The molecule has 8 atom stereocenters. The van der Waals surface area contributed by atoms with E-state index in [2.05, 4.69) is 29.7 Å². The molecule has 0 bridgehead atoms. The van der Waals surface area contributed by atoms with Gasteiger partial charge in [-0.1, -0.05) is 75.8 Å². The highest BCUT2D eigenvalue weighted by Crippen LogP contribution is 2.22. The summed E-state index contributed by atoms with van der Waals surface area (Å²) in [4.78, 5) is 25.0. The van der Waals surface area contributed by atoms with Crippen LogP contribution in [0.5, 0.6) is 0 Å². The number of unbranched alkanes of at least 4 members (excludes halogenated alkanes) is 7. The molecule has 0 aromatic heterocycles. The molecule has 0 radical (unpaired) electrons. The van der Waals surface area contributed by atoms with Gasteiger partial charge in [-0.05, 0) is 44.1 Å². The van der Waals surface area contributed by atoms with Crippen molar-refractivity contribution in [2.75, 3.05) is 19.8 Å². The largest absolute Gasteiger partial charge is 0.394 e. The van der Waals surface area contributed by atoms with Gasteiger partial charge >= 0.3 is 0 Å². The molecule has 46 heavy (non-hydrogen) atoms. The second-order valence-corrected chi connectivity index (χ2v) is 12.3. The van der Waals surface area contributed by atoms with Gasteiger partial charge in [-0.3, -0.25) is 9.59 Å². The number of nitrogens with one attached hydrogen (secondary N) is 2. The summed E-state index contributed by atoms with van der Waals surface area (Å²) < 4.78 is 10.9. The van der Waals surface area contributed by atoms with Crippen LogP contribution in [-0.4, -0.2) is 111 Å². The minimum Gasteiger partial charge on any atom is -0.394 e. The molecule has 264 valence electrons. The molecule has 1 aromatic carbocycles. The minimum absolute atomic E-state index is 0.0947. The van der Waals surface area contributed by atoms with Gasteiger partial charge < -0.3 is 50.7 Å². The maximum absolute atomic E-state index is 12.7. The zero-order chi connectivity index (χ0) is 33.7. The van der Waals surface area contributed by atoms with Crippen molar-refractivity contribution in [3.63, 3.8) is 0 Å². The molecule has 1 fully saturated rings. The maximum atomic E-state index is 12.7. The van der Waals surface area contributed by atoms with Gasteiger partial charge in [0.05, 0.1) is 25.4 Å². The molecule has 0 saturated carbocycles.